The van der Waals surface area contributed by atoms with Crippen molar-refractivity contribution in [2.45, 2.75) is 37.5 Å². The summed E-state index contributed by atoms with van der Waals surface area (Å²) < 4.78 is 50.5. The molecule has 1 heterocycles. The van der Waals surface area contributed by atoms with Gasteiger partial charge in [-0.2, -0.15) is 4.21 Å². The number of hydrogen-bond acceptors (Lipinski definition) is 6. The molecule has 1 aromatic carbocycles. The van der Waals surface area contributed by atoms with Gasteiger partial charge in [-0.1, -0.05) is 28.9 Å². The summed E-state index contributed by atoms with van der Waals surface area (Å²) in [6, 6.07) is 2.93. The normalized spacial score (nSPS) is 17.5. The van der Waals surface area contributed by atoms with Crippen LogP contribution in [-0.4, -0.2) is 28.5 Å². The Balaban J connectivity index is 2.08. The lowest BCUT2D eigenvalue weighted by Gasteiger charge is -2.18. The summed E-state index contributed by atoms with van der Waals surface area (Å²) >= 11 is 1.62. The molecule has 146 valence electrons. The SMILES string of the molecule is CC(OS(=O)O)c1c(C(=O)c2cnoc2C2CC2)ccc(CS(=O)O)c1Cl. The van der Waals surface area contributed by atoms with Crippen LogP contribution >= 0.6 is 11.6 Å². The lowest BCUT2D eigenvalue weighted by atomic mass is 9.93. The third-order valence-electron chi connectivity index (χ3n) is 4.21. The van der Waals surface area contributed by atoms with E-state index in [1.54, 1.807) is 0 Å². The Morgan fingerprint density at radius 2 is 2.07 bits per heavy atom. The molecule has 0 saturated heterocycles. The van der Waals surface area contributed by atoms with Crippen LogP contribution in [0.25, 0.3) is 0 Å². The molecule has 3 atom stereocenters. The largest absolute Gasteiger partial charge is 0.360 e. The molecular weight excluding hydrogens is 418 g/mol. The van der Waals surface area contributed by atoms with Crippen molar-refractivity contribution in [1.29, 1.82) is 0 Å². The molecule has 0 aliphatic heterocycles. The second-order valence-electron chi connectivity index (χ2n) is 6.13. The third kappa shape index (κ3) is 4.53. The first kappa shape index (κ1) is 20.3. The minimum atomic E-state index is -2.59. The Morgan fingerprint density at radius 1 is 1.37 bits per heavy atom. The van der Waals surface area contributed by atoms with Gasteiger partial charge >= 0.3 is 11.4 Å². The summed E-state index contributed by atoms with van der Waals surface area (Å²) in [7, 11) is 0. The van der Waals surface area contributed by atoms with Crippen molar-refractivity contribution in [3.8, 4) is 0 Å². The third-order valence-corrected chi connectivity index (χ3v) is 5.67. The molecule has 3 unspecified atom stereocenters. The standard InChI is InChI=1S/C16H16ClNO7S2/c1-8(25-27(22)23)13-11(5-4-10(14(13)17)7-26(20)21)15(19)12-6-18-24-16(12)9-2-3-9/h4-6,8-9H,2-3,7H2,1H3,(H,20,21)(H,22,23). The van der Waals surface area contributed by atoms with Crippen molar-refractivity contribution in [2.24, 2.45) is 0 Å². The number of rotatable bonds is 8. The van der Waals surface area contributed by atoms with Crippen LogP contribution in [0.3, 0.4) is 0 Å². The Kier molecular flexibility index (Phi) is 6.24. The maximum Gasteiger partial charge on any atom is 0.302 e. The molecule has 1 saturated carbocycles. The number of aromatic nitrogens is 1. The first-order valence-corrected chi connectivity index (χ1v) is 10.6. The van der Waals surface area contributed by atoms with Gasteiger partial charge in [0.05, 0.1) is 22.5 Å². The van der Waals surface area contributed by atoms with Crippen LogP contribution in [0.1, 0.15) is 64.6 Å². The molecule has 0 spiro atoms. The van der Waals surface area contributed by atoms with Crippen molar-refractivity contribution in [3.05, 3.63) is 51.4 Å². The number of carbonyl (C=O) groups is 1. The average molecular weight is 434 g/mol. The van der Waals surface area contributed by atoms with Gasteiger partial charge < -0.3 is 9.08 Å². The van der Waals surface area contributed by atoms with E-state index in [4.69, 9.17) is 29.4 Å². The predicted molar refractivity (Wildman–Crippen MR) is 98.1 cm³/mol. The Labute approximate surface area is 165 Å². The molecule has 3 rings (SSSR count). The lowest BCUT2D eigenvalue weighted by Crippen LogP contribution is -2.13. The number of nitrogens with zero attached hydrogens (tertiary/aromatic N) is 1. The first-order valence-electron chi connectivity index (χ1n) is 7.95. The summed E-state index contributed by atoms with van der Waals surface area (Å²) in [6.45, 7) is 1.46. The minimum Gasteiger partial charge on any atom is -0.360 e. The number of halogens is 1. The molecular formula is C16H16ClNO7S2. The highest BCUT2D eigenvalue weighted by Gasteiger charge is 2.34. The van der Waals surface area contributed by atoms with E-state index in [-0.39, 0.29) is 27.8 Å². The molecule has 1 aromatic heterocycles. The zero-order chi connectivity index (χ0) is 19.7. The summed E-state index contributed by atoms with van der Waals surface area (Å²) in [6.07, 6.45) is 2.14. The van der Waals surface area contributed by atoms with Crippen molar-refractivity contribution in [3.63, 3.8) is 0 Å². The number of ketones is 1. The van der Waals surface area contributed by atoms with Crippen molar-refractivity contribution in [1.82, 2.24) is 5.16 Å². The molecule has 0 radical (unpaired) electrons. The molecule has 0 bridgehead atoms. The highest BCUT2D eigenvalue weighted by atomic mass is 35.5. The highest BCUT2D eigenvalue weighted by Crippen LogP contribution is 2.43. The molecule has 2 aromatic rings. The lowest BCUT2D eigenvalue weighted by molar-refractivity contribution is 0.103. The van der Waals surface area contributed by atoms with Crippen molar-refractivity contribution in [2.75, 3.05) is 0 Å². The molecule has 1 aliphatic carbocycles. The van der Waals surface area contributed by atoms with Gasteiger partial charge in [-0.15, -0.1) is 0 Å². The van der Waals surface area contributed by atoms with Crippen molar-refractivity contribution < 1.29 is 31.0 Å². The fraction of sp³-hybridized carbons (Fsp3) is 0.375. The second kappa shape index (κ2) is 8.29. The van der Waals surface area contributed by atoms with Crippen LogP contribution in [0.2, 0.25) is 5.02 Å². The molecule has 0 amide bonds. The van der Waals surface area contributed by atoms with Gasteiger partial charge in [0.25, 0.3) is 0 Å². The quantitative estimate of drug-likeness (QED) is 0.479. The van der Waals surface area contributed by atoms with Gasteiger partial charge in [0.2, 0.25) is 0 Å². The number of benzene rings is 1. The number of hydrogen-bond donors (Lipinski definition) is 2. The van der Waals surface area contributed by atoms with E-state index in [0.29, 0.717) is 16.9 Å². The average Bonchev–Trinajstić information content (AvgIpc) is 3.31. The number of carbonyl (C=O) groups excluding carboxylic acids is 1. The molecule has 1 fully saturated rings. The van der Waals surface area contributed by atoms with Gasteiger partial charge in [-0.05, 0) is 25.3 Å². The Morgan fingerprint density at radius 3 is 2.67 bits per heavy atom. The minimum absolute atomic E-state index is 0.0330. The Hall–Kier alpha value is -1.43. The zero-order valence-corrected chi connectivity index (χ0v) is 16.5. The van der Waals surface area contributed by atoms with Crippen LogP contribution in [0.5, 0.6) is 0 Å². The van der Waals surface area contributed by atoms with Crippen LogP contribution in [0, 0.1) is 0 Å². The van der Waals surface area contributed by atoms with Crippen LogP contribution < -0.4 is 0 Å². The summed E-state index contributed by atoms with van der Waals surface area (Å²) in [5, 5.41) is 3.74. The molecule has 2 N–H and O–H groups in total. The summed E-state index contributed by atoms with van der Waals surface area (Å²) in [5.74, 6) is -0.0107. The van der Waals surface area contributed by atoms with Gasteiger partial charge in [0.1, 0.15) is 6.10 Å². The van der Waals surface area contributed by atoms with E-state index in [9.17, 15) is 13.2 Å². The van der Waals surface area contributed by atoms with Gasteiger partial charge in [-0.3, -0.25) is 13.5 Å². The molecule has 8 nitrogen and oxygen atoms in total. The van der Waals surface area contributed by atoms with E-state index in [1.165, 1.54) is 25.3 Å². The van der Waals surface area contributed by atoms with Gasteiger partial charge in [-0.25, -0.2) is 4.21 Å². The summed E-state index contributed by atoms with van der Waals surface area (Å²) in [4.78, 5) is 13.1. The monoisotopic (exact) mass is 433 g/mol. The van der Waals surface area contributed by atoms with E-state index in [1.807, 2.05) is 0 Å². The van der Waals surface area contributed by atoms with Crippen molar-refractivity contribution >= 4 is 39.8 Å². The highest BCUT2D eigenvalue weighted by molar-refractivity contribution is 7.78. The van der Waals surface area contributed by atoms with E-state index < -0.39 is 34.3 Å². The van der Waals surface area contributed by atoms with Gasteiger partial charge in [0, 0.05) is 17.0 Å². The first-order chi connectivity index (χ1) is 12.8. The van der Waals surface area contributed by atoms with E-state index in [2.05, 4.69) is 5.16 Å². The summed E-state index contributed by atoms with van der Waals surface area (Å²) in [5.41, 5.74) is 0.923. The fourth-order valence-electron chi connectivity index (χ4n) is 2.85. The maximum atomic E-state index is 13.1. The fourth-order valence-corrected chi connectivity index (χ4v) is 4.17. The van der Waals surface area contributed by atoms with Crippen LogP contribution in [0.15, 0.2) is 22.9 Å². The molecule has 27 heavy (non-hydrogen) atoms. The topological polar surface area (TPSA) is 127 Å². The second-order valence-corrected chi connectivity index (χ2v) is 8.06. The molecule has 1 aliphatic rings. The zero-order valence-electron chi connectivity index (χ0n) is 14.1. The van der Waals surface area contributed by atoms with E-state index >= 15 is 0 Å². The van der Waals surface area contributed by atoms with E-state index in [0.717, 1.165) is 12.8 Å². The van der Waals surface area contributed by atoms with Crippen LogP contribution in [0.4, 0.5) is 0 Å². The predicted octanol–water partition coefficient (Wildman–Crippen LogP) is 3.37. The van der Waals surface area contributed by atoms with Gasteiger partial charge in [0.15, 0.2) is 22.6 Å². The van der Waals surface area contributed by atoms with Crippen LogP contribution in [-0.2, 0) is 32.4 Å². The maximum absolute atomic E-state index is 13.1. The molecule has 11 heteroatoms. The smallest absolute Gasteiger partial charge is 0.302 e. The Bertz CT molecular complexity index is 925.